The summed E-state index contributed by atoms with van der Waals surface area (Å²) in [5.74, 6) is -1.82. The summed E-state index contributed by atoms with van der Waals surface area (Å²) in [7, 11) is 9.25. The maximum absolute atomic E-state index is 8.49. The van der Waals surface area contributed by atoms with Crippen LogP contribution in [0.5, 0.6) is 0 Å². The molecule has 0 bridgehead atoms. The smallest absolute Gasteiger partial charge is 0.227 e. The summed E-state index contributed by atoms with van der Waals surface area (Å²) in [6, 6.07) is 48.4. The molecule has 0 radical (unpaired) electrons. The van der Waals surface area contributed by atoms with E-state index in [1.54, 1.807) is 183 Å². The molecule has 0 spiro atoms. The van der Waals surface area contributed by atoms with Gasteiger partial charge in [-0.1, -0.05) is 56.2 Å². The number of hydrogen-bond donors (Lipinski definition) is 0. The van der Waals surface area contributed by atoms with Crippen LogP contribution in [-0.4, -0.2) is 24.9 Å². The maximum atomic E-state index is 8.49. The number of hydrogen-bond acceptors (Lipinski definition) is 10. The number of pyridine rings is 10. The lowest BCUT2D eigenvalue weighted by Crippen LogP contribution is -2.31. The molecule has 0 N–H and O–H groups in total. The van der Waals surface area contributed by atoms with Crippen LogP contribution in [0.3, 0.4) is 0 Å². The molecule has 15 heteroatoms. The lowest BCUT2D eigenvalue weighted by Gasteiger charge is -2.10. The van der Waals surface area contributed by atoms with E-state index in [0.29, 0.717) is 117 Å². The van der Waals surface area contributed by atoms with Crippen molar-refractivity contribution in [3.63, 3.8) is 0 Å². The lowest BCUT2D eigenvalue weighted by atomic mass is 9.95. The van der Waals surface area contributed by atoms with E-state index < -0.39 is 53.9 Å². The van der Waals surface area contributed by atoms with E-state index in [2.05, 4.69) is 86.1 Å². The second-order valence-corrected chi connectivity index (χ2v) is 29.8. The van der Waals surface area contributed by atoms with Crippen molar-refractivity contribution >= 4 is 110 Å². The summed E-state index contributed by atoms with van der Waals surface area (Å²) < 4.78 is 213. The van der Waals surface area contributed by atoms with Crippen LogP contribution >= 0.6 is 0 Å². The van der Waals surface area contributed by atoms with E-state index >= 15 is 0 Å². The highest BCUT2D eigenvalue weighted by Crippen LogP contribution is 2.44. The summed E-state index contributed by atoms with van der Waals surface area (Å²) in [4.78, 5) is 21.6. The van der Waals surface area contributed by atoms with Crippen LogP contribution in [0.1, 0.15) is 133 Å². The van der Waals surface area contributed by atoms with E-state index in [9.17, 15) is 0 Å². The molecule has 1 atom stereocenters. The van der Waals surface area contributed by atoms with Gasteiger partial charge in [0.05, 0.1) is 27.8 Å². The van der Waals surface area contributed by atoms with E-state index in [0.717, 1.165) is 100 Å². The number of aromatic nitrogens is 10. The van der Waals surface area contributed by atoms with Gasteiger partial charge in [0.1, 0.15) is 35.2 Å². The Balaban J connectivity index is 0.000000126. The predicted molar refractivity (Wildman–Crippen MR) is 471 cm³/mol. The van der Waals surface area contributed by atoms with Gasteiger partial charge in [-0.15, -0.1) is 0 Å². The topological polar surface area (TPSA) is 150 Å². The molecular formula is C102H99N10O5+5. The van der Waals surface area contributed by atoms with Crippen LogP contribution in [0.2, 0.25) is 0 Å². The summed E-state index contributed by atoms with van der Waals surface area (Å²) >= 11 is 0. The van der Waals surface area contributed by atoms with Gasteiger partial charge in [-0.3, -0.25) is 0 Å². The zero-order chi connectivity index (χ0) is 101. The molecule has 20 rings (SSSR count). The number of fused-ring (bicyclic) bond motifs is 15. The molecule has 0 saturated heterocycles. The number of furan rings is 5. The normalized spacial score (nSPS) is 15.6. The molecule has 0 aliphatic rings. The molecule has 20 aromatic rings. The molecule has 5 aromatic carbocycles. The van der Waals surface area contributed by atoms with Gasteiger partial charge in [-0.2, -0.15) is 0 Å². The zero-order valence-corrected chi connectivity index (χ0v) is 67.2. The van der Waals surface area contributed by atoms with Crippen molar-refractivity contribution < 1.29 is 75.1 Å². The molecule has 0 amide bonds. The van der Waals surface area contributed by atoms with Gasteiger partial charge in [0.2, 0.25) is 57.0 Å². The first-order chi connectivity index (χ1) is 65.0. The van der Waals surface area contributed by atoms with E-state index in [1.807, 2.05) is 82.6 Å². The Labute approximate surface area is 712 Å². The van der Waals surface area contributed by atoms with Crippen LogP contribution < -0.4 is 22.8 Å². The van der Waals surface area contributed by atoms with Crippen LogP contribution in [0.25, 0.3) is 167 Å². The van der Waals surface area contributed by atoms with Crippen LogP contribution in [0, 0.1) is 96.5 Å². The Morgan fingerprint density at radius 2 is 0.709 bits per heavy atom. The van der Waals surface area contributed by atoms with E-state index in [-0.39, 0.29) is 27.8 Å². The largest absolute Gasteiger partial charge is 0.437 e. The third-order valence-electron chi connectivity index (χ3n) is 21.6. The average Bonchev–Trinajstić information content (AvgIpc) is 1.59. The minimum absolute atomic E-state index is 0.173. The van der Waals surface area contributed by atoms with Gasteiger partial charge in [0.15, 0.2) is 58.9 Å². The lowest BCUT2D eigenvalue weighted by molar-refractivity contribution is -0.660. The molecule has 582 valence electrons. The number of rotatable bonds is 6. The van der Waals surface area contributed by atoms with Crippen molar-refractivity contribution in [2.24, 2.45) is 35.2 Å². The van der Waals surface area contributed by atoms with Crippen LogP contribution in [0.15, 0.2) is 236 Å². The molecule has 0 aliphatic carbocycles. The van der Waals surface area contributed by atoms with E-state index in [4.69, 9.17) is 52.2 Å². The van der Waals surface area contributed by atoms with Gasteiger partial charge in [0.25, 0.3) is 0 Å². The Hall–Kier alpha value is -13.4. The minimum atomic E-state index is -2.52. The van der Waals surface area contributed by atoms with E-state index in [1.165, 1.54) is 12.5 Å². The van der Waals surface area contributed by atoms with Crippen LogP contribution in [0.4, 0.5) is 0 Å². The predicted octanol–water partition coefficient (Wildman–Crippen LogP) is 22.8. The molecule has 0 saturated carbocycles. The molecule has 117 heavy (non-hydrogen) atoms. The highest BCUT2D eigenvalue weighted by atomic mass is 16.4. The first-order valence-electron chi connectivity index (χ1n) is 49.0. The molecular weight excluding hydrogens is 1450 g/mol. The number of aryl methyl sites for hydroxylation is 19. The van der Waals surface area contributed by atoms with Gasteiger partial charge in [-0.05, 0) is 236 Å². The van der Waals surface area contributed by atoms with Crippen molar-refractivity contribution in [1.29, 1.82) is 0 Å². The average molecular weight is 1570 g/mol. The van der Waals surface area contributed by atoms with Crippen molar-refractivity contribution in [2.45, 2.75) is 116 Å². The van der Waals surface area contributed by atoms with Gasteiger partial charge < -0.3 is 22.1 Å². The highest BCUT2D eigenvalue weighted by molar-refractivity contribution is 6.14. The van der Waals surface area contributed by atoms with Crippen molar-refractivity contribution in [3.05, 3.63) is 297 Å². The quantitative estimate of drug-likeness (QED) is 0.147. The second kappa shape index (κ2) is 31.1. The van der Waals surface area contributed by atoms with Crippen molar-refractivity contribution in [2.75, 3.05) is 0 Å². The third kappa shape index (κ3) is 14.2. The molecule has 15 aromatic heterocycles. The number of nitrogens with zero attached hydrogens (tertiary/aromatic N) is 10. The minimum Gasteiger partial charge on any atom is -0.437 e. The first-order valence-corrected chi connectivity index (χ1v) is 38.0. The zero-order valence-electron chi connectivity index (χ0n) is 89.2. The SMILES string of the molecule is Cc1ccc2c(n1)oc1c(-c3cccc[n+]3C)c(C)ccc12.[2H]C([2H])([2H])c1c[n+](C)c(-c2c(C)cc(C([2H])([2H])[2H])c3c2oc2ncccc23)cc1C.[2H]C([2H])([2H])c1c[n+](C)c(-c2c(C)ccc3c2oc2ncccc23)cc1C.[2H]C([2H])([2H])c1cc(C)c(-c2cc(C([2H])(C)C([2H])([2H])[2H])cc[n+]2C)c2oc3ncccc3c12.[2H]C([2H])([2H])c1ccc(-c2c(C)cc(C([2H])([2H])[2H])c3c2oc2ncccc23)[n+](C)c1. The summed E-state index contributed by atoms with van der Waals surface area (Å²) in [5.41, 5.74) is 22.1. The van der Waals surface area contributed by atoms with Gasteiger partial charge >= 0.3 is 0 Å². The Bertz CT molecular complexity index is 8320. The fourth-order valence-corrected chi connectivity index (χ4v) is 15.7. The van der Waals surface area contributed by atoms with Gasteiger partial charge in [0, 0.05) is 174 Å². The Morgan fingerprint density at radius 1 is 0.308 bits per heavy atom. The summed E-state index contributed by atoms with van der Waals surface area (Å²) in [5, 5.41) is 7.52. The van der Waals surface area contributed by atoms with Crippen molar-refractivity contribution in [1.82, 2.24) is 24.9 Å². The molecule has 0 fully saturated rings. The highest BCUT2D eigenvalue weighted by Gasteiger charge is 2.29. The Kier molecular flexibility index (Phi) is 14.7. The third-order valence-corrected chi connectivity index (χ3v) is 21.6. The molecule has 0 aliphatic heterocycles. The van der Waals surface area contributed by atoms with Crippen LogP contribution in [-0.2, 0) is 35.2 Å². The fraction of sp³-hybridized carbons (Fsp3) is 0.216. The monoisotopic (exact) mass is 1570 g/mol. The molecule has 1 unspecified atom stereocenters. The standard InChI is InChI=1S/C22H23N2O.C21H21N2O.2C20H19N2O.C19H17N2O/c1-13(2)16-8-10-24(5)18(12-16)20-15(4)11-14(3)19-17-7-6-9-23-22(17)25-21(19)20;1-12-10-17(23(5)11-15(12)4)19-14(3)9-13(2)18-16-7-6-8-22-21(16)24-20(18)19;1-12-7-8-15-16-6-5-9-21-20(16)23-19(15)18(12)17-10-13(2)14(3)11-22(17)4;1-12-7-8-16(22(4)11-12)18-14(3)10-13(2)17-15-6-5-9-21-20(15)23-19(17)18;1-12-7-9-14-15-10-8-13(2)20-19(15)22-18(14)17(12)16-6-4-5-11-21(16)3/h6-13H,1-5H3;6-11H,1-5H3;2*5-11H,1-4H3;4-11H,1-3H3/q5*+1/i1D3,3D3,13D;2D3,4D3;3D3;1D3,2D3;. The molecule has 15 heterocycles. The second-order valence-electron chi connectivity index (χ2n) is 29.8. The number of benzene rings is 5. The molecule has 15 nitrogen and oxygen atoms in total. The maximum Gasteiger partial charge on any atom is 0.227 e. The fourth-order valence-electron chi connectivity index (χ4n) is 15.7. The van der Waals surface area contributed by atoms with Gasteiger partial charge in [-0.25, -0.2) is 47.8 Å². The van der Waals surface area contributed by atoms with Crippen molar-refractivity contribution in [3.8, 4) is 56.3 Å². The summed E-state index contributed by atoms with van der Waals surface area (Å²) in [6.45, 7) is 0.437. The first kappa shape index (κ1) is 55.2. The summed E-state index contributed by atoms with van der Waals surface area (Å²) in [6.07, 6.45) is 15.1. The Morgan fingerprint density at radius 3 is 1.18 bits per heavy atom.